The Balaban J connectivity index is 2.65. The van der Waals surface area contributed by atoms with Crippen molar-refractivity contribution in [2.24, 2.45) is 5.92 Å². The molecule has 0 aliphatic carbocycles. The van der Waals surface area contributed by atoms with Crippen LogP contribution in [0.2, 0.25) is 0 Å². The predicted molar refractivity (Wildman–Crippen MR) is 77.7 cm³/mol. The lowest BCUT2D eigenvalue weighted by atomic mass is 10.1. The quantitative estimate of drug-likeness (QED) is 0.785. The summed E-state index contributed by atoms with van der Waals surface area (Å²) < 4.78 is 0. The molecule has 0 aromatic carbocycles. The number of hydrogen-bond acceptors (Lipinski definition) is 2. The minimum Gasteiger partial charge on any atom is -0.348 e. The van der Waals surface area contributed by atoms with Crippen molar-refractivity contribution in [3.63, 3.8) is 0 Å². The monoisotopic (exact) mass is 317 g/mol. The number of rotatable bonds is 6. The normalized spacial score (nSPS) is 14.6. The lowest BCUT2D eigenvalue weighted by Gasteiger charge is -2.20. The molecular formula is C13H20BrNOS. The van der Waals surface area contributed by atoms with Crippen LogP contribution in [0.15, 0.2) is 17.5 Å². The van der Waals surface area contributed by atoms with E-state index in [9.17, 15) is 4.79 Å². The highest BCUT2D eigenvalue weighted by Gasteiger charge is 2.22. The molecule has 0 saturated heterocycles. The molecule has 1 rings (SSSR count). The first kappa shape index (κ1) is 14.7. The van der Waals surface area contributed by atoms with Gasteiger partial charge in [-0.25, -0.2) is 0 Å². The highest BCUT2D eigenvalue weighted by molar-refractivity contribution is 9.10. The summed E-state index contributed by atoms with van der Waals surface area (Å²) in [7, 11) is 0. The lowest BCUT2D eigenvalue weighted by molar-refractivity contribution is -0.121. The van der Waals surface area contributed by atoms with Gasteiger partial charge in [0.2, 0.25) is 5.91 Å². The van der Waals surface area contributed by atoms with Crippen LogP contribution in [0.3, 0.4) is 0 Å². The SMILES string of the molecule is CCCC(NC(=O)C(Br)C(C)C)c1cccs1. The number of hydrogen-bond donors (Lipinski definition) is 1. The van der Waals surface area contributed by atoms with E-state index in [1.165, 1.54) is 4.88 Å². The van der Waals surface area contributed by atoms with Crippen LogP contribution in [0.5, 0.6) is 0 Å². The summed E-state index contributed by atoms with van der Waals surface area (Å²) in [5, 5.41) is 5.18. The lowest BCUT2D eigenvalue weighted by Crippen LogP contribution is -2.36. The van der Waals surface area contributed by atoms with Crippen molar-refractivity contribution in [2.75, 3.05) is 0 Å². The largest absolute Gasteiger partial charge is 0.348 e. The van der Waals surface area contributed by atoms with E-state index in [0.717, 1.165) is 12.8 Å². The molecule has 0 spiro atoms. The number of carbonyl (C=O) groups excluding carboxylic acids is 1. The van der Waals surface area contributed by atoms with Crippen LogP contribution in [0.1, 0.15) is 44.5 Å². The second-order valence-corrected chi connectivity index (χ2v) is 6.48. The number of thiophene rings is 1. The summed E-state index contributed by atoms with van der Waals surface area (Å²) in [6, 6.07) is 4.28. The van der Waals surface area contributed by atoms with Crippen LogP contribution in [0.25, 0.3) is 0 Å². The molecule has 17 heavy (non-hydrogen) atoms. The fraction of sp³-hybridized carbons (Fsp3) is 0.615. The molecule has 2 atom stereocenters. The number of nitrogens with one attached hydrogen (secondary N) is 1. The molecule has 0 radical (unpaired) electrons. The Kier molecular flexibility index (Phi) is 6.20. The molecule has 96 valence electrons. The van der Waals surface area contributed by atoms with Gasteiger partial charge < -0.3 is 5.32 Å². The number of alkyl halides is 1. The molecule has 2 nitrogen and oxygen atoms in total. The first-order valence-corrected chi connectivity index (χ1v) is 7.83. The van der Waals surface area contributed by atoms with Gasteiger partial charge in [0.05, 0.1) is 10.9 Å². The molecule has 2 unspecified atom stereocenters. The average molecular weight is 318 g/mol. The molecule has 1 heterocycles. The highest BCUT2D eigenvalue weighted by atomic mass is 79.9. The Morgan fingerprint density at radius 1 is 1.53 bits per heavy atom. The highest BCUT2D eigenvalue weighted by Crippen LogP contribution is 2.24. The number of carbonyl (C=O) groups is 1. The van der Waals surface area contributed by atoms with Crippen molar-refractivity contribution < 1.29 is 4.79 Å². The van der Waals surface area contributed by atoms with Crippen LogP contribution in [0.4, 0.5) is 0 Å². The smallest absolute Gasteiger partial charge is 0.234 e. The summed E-state index contributed by atoms with van der Waals surface area (Å²) >= 11 is 5.14. The van der Waals surface area contributed by atoms with Gasteiger partial charge >= 0.3 is 0 Å². The van der Waals surface area contributed by atoms with Crippen molar-refractivity contribution in [2.45, 2.75) is 44.5 Å². The van der Waals surface area contributed by atoms with Gasteiger partial charge in [-0.2, -0.15) is 0 Å². The predicted octanol–water partition coefficient (Wildman–Crippen LogP) is 4.13. The van der Waals surface area contributed by atoms with Crippen LogP contribution in [-0.2, 0) is 4.79 Å². The summed E-state index contributed by atoms with van der Waals surface area (Å²) in [5.41, 5.74) is 0. The first-order chi connectivity index (χ1) is 8.06. The van der Waals surface area contributed by atoms with Crippen LogP contribution in [0, 0.1) is 5.92 Å². The van der Waals surface area contributed by atoms with E-state index in [0.29, 0.717) is 5.92 Å². The van der Waals surface area contributed by atoms with Crippen LogP contribution < -0.4 is 5.32 Å². The Hall–Kier alpha value is -0.350. The van der Waals surface area contributed by atoms with E-state index in [1.807, 2.05) is 19.9 Å². The second kappa shape index (κ2) is 7.17. The average Bonchev–Trinajstić information content (AvgIpc) is 2.80. The Morgan fingerprint density at radius 3 is 2.71 bits per heavy atom. The zero-order valence-corrected chi connectivity index (χ0v) is 13.0. The molecule has 0 aliphatic rings. The summed E-state index contributed by atoms with van der Waals surface area (Å²) in [4.78, 5) is 13.1. The van der Waals surface area contributed by atoms with E-state index in [-0.39, 0.29) is 16.8 Å². The third-order valence-corrected chi connectivity index (χ3v) is 5.08. The van der Waals surface area contributed by atoms with Gasteiger partial charge in [-0.15, -0.1) is 11.3 Å². The third-order valence-electron chi connectivity index (χ3n) is 2.62. The van der Waals surface area contributed by atoms with Gasteiger partial charge in [-0.3, -0.25) is 4.79 Å². The first-order valence-electron chi connectivity index (χ1n) is 6.04. The van der Waals surface area contributed by atoms with E-state index in [4.69, 9.17) is 0 Å². The van der Waals surface area contributed by atoms with Gasteiger partial charge in [0, 0.05) is 4.88 Å². The zero-order chi connectivity index (χ0) is 12.8. The Morgan fingerprint density at radius 2 is 2.24 bits per heavy atom. The maximum atomic E-state index is 12.0. The van der Waals surface area contributed by atoms with E-state index < -0.39 is 0 Å². The Labute approximate surface area is 116 Å². The van der Waals surface area contributed by atoms with Crippen molar-refractivity contribution in [3.8, 4) is 0 Å². The van der Waals surface area contributed by atoms with Gasteiger partial charge in [0.15, 0.2) is 0 Å². The van der Waals surface area contributed by atoms with Crippen LogP contribution in [-0.4, -0.2) is 10.7 Å². The van der Waals surface area contributed by atoms with E-state index in [1.54, 1.807) is 11.3 Å². The summed E-state index contributed by atoms with van der Waals surface area (Å²) in [5.74, 6) is 0.396. The molecule has 4 heteroatoms. The number of halogens is 1. The van der Waals surface area contributed by atoms with Crippen LogP contribution >= 0.6 is 27.3 Å². The van der Waals surface area contributed by atoms with E-state index in [2.05, 4.69) is 39.6 Å². The van der Waals surface area contributed by atoms with Gasteiger partial charge in [-0.1, -0.05) is 49.2 Å². The number of amides is 1. The molecule has 0 saturated carbocycles. The van der Waals surface area contributed by atoms with E-state index >= 15 is 0 Å². The standard InChI is InChI=1S/C13H20BrNOS/c1-4-6-10(11-7-5-8-17-11)15-13(16)12(14)9(2)3/h5,7-10,12H,4,6H2,1-3H3,(H,15,16). The summed E-state index contributed by atoms with van der Waals surface area (Å²) in [6.07, 6.45) is 2.06. The topological polar surface area (TPSA) is 29.1 Å². The molecule has 1 aromatic rings. The van der Waals surface area contributed by atoms with Gasteiger partial charge in [0.1, 0.15) is 0 Å². The van der Waals surface area contributed by atoms with Crippen molar-refractivity contribution >= 4 is 33.2 Å². The second-order valence-electron chi connectivity index (χ2n) is 4.51. The molecule has 0 fully saturated rings. The van der Waals surface area contributed by atoms with Crippen molar-refractivity contribution in [1.29, 1.82) is 0 Å². The molecule has 1 N–H and O–H groups in total. The van der Waals surface area contributed by atoms with Gasteiger partial charge in [-0.05, 0) is 23.8 Å². The maximum Gasteiger partial charge on any atom is 0.234 e. The van der Waals surface area contributed by atoms with Crippen molar-refractivity contribution in [1.82, 2.24) is 5.32 Å². The molecular weight excluding hydrogens is 298 g/mol. The minimum absolute atomic E-state index is 0.0897. The molecule has 0 bridgehead atoms. The minimum atomic E-state index is -0.109. The fourth-order valence-electron chi connectivity index (χ4n) is 1.62. The third kappa shape index (κ3) is 4.43. The summed E-state index contributed by atoms with van der Waals surface area (Å²) in [6.45, 7) is 6.22. The molecule has 0 aliphatic heterocycles. The zero-order valence-electron chi connectivity index (χ0n) is 10.6. The maximum absolute atomic E-state index is 12.0. The van der Waals surface area contributed by atoms with Gasteiger partial charge in [0.25, 0.3) is 0 Å². The molecule has 1 amide bonds. The fourth-order valence-corrected chi connectivity index (χ4v) is 2.56. The molecule has 1 aromatic heterocycles. The Bertz CT molecular complexity index is 337. The van der Waals surface area contributed by atoms with Crippen molar-refractivity contribution in [3.05, 3.63) is 22.4 Å².